The number of benzene rings is 2. The van der Waals surface area contributed by atoms with Crippen LogP contribution in [-0.2, 0) is 11.3 Å². The van der Waals surface area contributed by atoms with Crippen molar-refractivity contribution in [1.82, 2.24) is 0 Å². The molecule has 1 amide bonds. The molecule has 3 heteroatoms. The van der Waals surface area contributed by atoms with E-state index in [0.717, 1.165) is 11.3 Å². The fraction of sp³-hybridized carbons (Fsp3) is 0.278. The predicted molar refractivity (Wildman–Crippen MR) is 89.0 cm³/mol. The summed E-state index contributed by atoms with van der Waals surface area (Å²) in [6, 6.07) is 14.2. The van der Waals surface area contributed by atoms with Crippen molar-refractivity contribution in [2.24, 2.45) is 0 Å². The second kappa shape index (κ2) is 6.77. The van der Waals surface area contributed by atoms with Crippen molar-refractivity contribution in [2.45, 2.75) is 27.3 Å². The van der Waals surface area contributed by atoms with E-state index >= 15 is 0 Å². The molecule has 0 spiro atoms. The van der Waals surface area contributed by atoms with E-state index in [1.165, 1.54) is 16.7 Å². The first kappa shape index (κ1) is 15.6. The highest BCUT2D eigenvalue weighted by Crippen LogP contribution is 2.22. The SMILES string of the molecule is Cc1cccc(CN(C(=O)CCl)c2ccc(C)c(C)c2)c1. The van der Waals surface area contributed by atoms with Crippen LogP contribution in [0.25, 0.3) is 0 Å². The van der Waals surface area contributed by atoms with E-state index in [1.54, 1.807) is 4.90 Å². The van der Waals surface area contributed by atoms with Gasteiger partial charge in [-0.25, -0.2) is 0 Å². The highest BCUT2D eigenvalue weighted by molar-refractivity contribution is 6.29. The molecule has 2 aromatic rings. The molecular weight excluding hydrogens is 282 g/mol. The highest BCUT2D eigenvalue weighted by Gasteiger charge is 2.15. The number of alkyl halides is 1. The fourth-order valence-corrected chi connectivity index (χ4v) is 2.43. The molecule has 0 unspecified atom stereocenters. The first-order valence-electron chi connectivity index (χ1n) is 7.00. The summed E-state index contributed by atoms with van der Waals surface area (Å²) >= 11 is 5.77. The Morgan fingerprint density at radius 2 is 1.81 bits per heavy atom. The summed E-state index contributed by atoms with van der Waals surface area (Å²) in [5, 5.41) is 0. The second-order valence-corrected chi connectivity index (χ2v) is 5.64. The Morgan fingerprint density at radius 1 is 1.05 bits per heavy atom. The van der Waals surface area contributed by atoms with Gasteiger partial charge in [0.2, 0.25) is 5.91 Å². The summed E-state index contributed by atoms with van der Waals surface area (Å²) in [4.78, 5) is 13.9. The van der Waals surface area contributed by atoms with Gasteiger partial charge in [0.15, 0.2) is 0 Å². The predicted octanol–water partition coefficient (Wildman–Crippen LogP) is 4.38. The fourth-order valence-electron chi connectivity index (χ4n) is 2.28. The lowest BCUT2D eigenvalue weighted by atomic mass is 10.1. The van der Waals surface area contributed by atoms with E-state index in [-0.39, 0.29) is 11.8 Å². The van der Waals surface area contributed by atoms with Crippen molar-refractivity contribution in [3.63, 3.8) is 0 Å². The molecule has 0 atom stereocenters. The Labute approximate surface area is 131 Å². The molecule has 0 radical (unpaired) electrons. The van der Waals surface area contributed by atoms with Gasteiger partial charge in [-0.05, 0) is 49.6 Å². The molecule has 0 bridgehead atoms. The van der Waals surface area contributed by atoms with E-state index in [0.29, 0.717) is 6.54 Å². The first-order valence-corrected chi connectivity index (χ1v) is 7.54. The van der Waals surface area contributed by atoms with E-state index in [4.69, 9.17) is 11.6 Å². The minimum Gasteiger partial charge on any atom is -0.307 e. The summed E-state index contributed by atoms with van der Waals surface area (Å²) in [7, 11) is 0. The van der Waals surface area contributed by atoms with Gasteiger partial charge in [0.25, 0.3) is 0 Å². The van der Waals surface area contributed by atoms with Crippen LogP contribution < -0.4 is 4.90 Å². The van der Waals surface area contributed by atoms with Crippen LogP contribution in [0.3, 0.4) is 0 Å². The lowest BCUT2D eigenvalue weighted by Crippen LogP contribution is -2.31. The number of amides is 1. The number of hydrogen-bond acceptors (Lipinski definition) is 1. The zero-order valence-electron chi connectivity index (χ0n) is 12.7. The Morgan fingerprint density at radius 3 is 2.43 bits per heavy atom. The van der Waals surface area contributed by atoms with E-state index in [9.17, 15) is 4.79 Å². The van der Waals surface area contributed by atoms with Gasteiger partial charge >= 0.3 is 0 Å². The standard InChI is InChI=1S/C18H20ClNO/c1-13-5-4-6-16(9-13)12-20(18(21)11-19)17-8-7-14(2)15(3)10-17/h4-10H,11-12H2,1-3H3. The number of anilines is 1. The van der Waals surface area contributed by atoms with Crippen molar-refractivity contribution in [1.29, 1.82) is 0 Å². The number of nitrogens with zero attached hydrogens (tertiary/aromatic N) is 1. The third-order valence-electron chi connectivity index (χ3n) is 3.64. The summed E-state index contributed by atoms with van der Waals surface area (Å²) in [6.07, 6.45) is 0. The largest absolute Gasteiger partial charge is 0.307 e. The smallest absolute Gasteiger partial charge is 0.242 e. The monoisotopic (exact) mass is 301 g/mol. The zero-order valence-corrected chi connectivity index (χ0v) is 13.4. The molecule has 0 fully saturated rings. The summed E-state index contributed by atoms with van der Waals surface area (Å²) < 4.78 is 0. The molecule has 0 heterocycles. The Hall–Kier alpha value is -1.80. The summed E-state index contributed by atoms with van der Waals surface area (Å²) in [6.45, 7) is 6.70. The molecule has 0 saturated carbocycles. The van der Waals surface area contributed by atoms with Crippen LogP contribution in [0.2, 0.25) is 0 Å². The maximum absolute atomic E-state index is 12.2. The van der Waals surface area contributed by atoms with Gasteiger partial charge in [0, 0.05) is 5.69 Å². The molecule has 0 N–H and O–H groups in total. The molecule has 2 aromatic carbocycles. The number of rotatable bonds is 4. The van der Waals surface area contributed by atoms with Crippen molar-refractivity contribution >= 4 is 23.2 Å². The first-order chi connectivity index (χ1) is 10.0. The average Bonchev–Trinajstić information content (AvgIpc) is 2.47. The lowest BCUT2D eigenvalue weighted by Gasteiger charge is -2.23. The zero-order chi connectivity index (χ0) is 15.4. The molecule has 2 nitrogen and oxygen atoms in total. The van der Waals surface area contributed by atoms with Crippen LogP contribution in [0.4, 0.5) is 5.69 Å². The minimum atomic E-state index is -0.0820. The molecule has 21 heavy (non-hydrogen) atoms. The lowest BCUT2D eigenvalue weighted by molar-refractivity contribution is -0.116. The van der Waals surface area contributed by atoms with Crippen LogP contribution in [0, 0.1) is 20.8 Å². The number of carbonyl (C=O) groups is 1. The van der Waals surface area contributed by atoms with Gasteiger partial charge in [0.1, 0.15) is 5.88 Å². The molecule has 0 aliphatic heterocycles. The number of carbonyl (C=O) groups excluding carboxylic acids is 1. The van der Waals surface area contributed by atoms with Crippen molar-refractivity contribution in [3.8, 4) is 0 Å². The Bertz CT molecular complexity index is 651. The van der Waals surface area contributed by atoms with Crippen LogP contribution in [0.5, 0.6) is 0 Å². The highest BCUT2D eigenvalue weighted by atomic mass is 35.5. The molecule has 0 aromatic heterocycles. The molecule has 110 valence electrons. The third-order valence-corrected chi connectivity index (χ3v) is 3.87. The quantitative estimate of drug-likeness (QED) is 0.767. The maximum atomic E-state index is 12.2. The minimum absolute atomic E-state index is 0.0151. The van der Waals surface area contributed by atoms with E-state index in [2.05, 4.69) is 19.9 Å². The van der Waals surface area contributed by atoms with Gasteiger partial charge < -0.3 is 4.90 Å². The summed E-state index contributed by atoms with van der Waals surface area (Å²) in [5.41, 5.74) is 5.57. The van der Waals surface area contributed by atoms with E-state index in [1.807, 2.05) is 43.3 Å². The van der Waals surface area contributed by atoms with Crippen molar-refractivity contribution in [2.75, 3.05) is 10.8 Å². The van der Waals surface area contributed by atoms with Crippen LogP contribution in [-0.4, -0.2) is 11.8 Å². The number of hydrogen-bond donors (Lipinski definition) is 0. The van der Waals surface area contributed by atoms with Gasteiger partial charge in [0.05, 0.1) is 6.54 Å². The Kier molecular flexibility index (Phi) is 5.03. The van der Waals surface area contributed by atoms with Crippen molar-refractivity contribution in [3.05, 3.63) is 64.7 Å². The average molecular weight is 302 g/mol. The van der Waals surface area contributed by atoms with Crippen molar-refractivity contribution < 1.29 is 4.79 Å². The van der Waals surface area contributed by atoms with Gasteiger partial charge in [-0.1, -0.05) is 35.9 Å². The van der Waals surface area contributed by atoms with E-state index < -0.39 is 0 Å². The summed E-state index contributed by atoms with van der Waals surface area (Å²) in [5.74, 6) is -0.0972. The third kappa shape index (κ3) is 3.85. The number of aryl methyl sites for hydroxylation is 3. The Balaban J connectivity index is 2.34. The molecule has 2 rings (SSSR count). The molecular formula is C18H20ClNO. The second-order valence-electron chi connectivity index (χ2n) is 5.37. The van der Waals surface area contributed by atoms with Crippen LogP contribution in [0.1, 0.15) is 22.3 Å². The van der Waals surface area contributed by atoms with Gasteiger partial charge in [-0.2, -0.15) is 0 Å². The topological polar surface area (TPSA) is 20.3 Å². The normalized spacial score (nSPS) is 10.5. The van der Waals surface area contributed by atoms with Gasteiger partial charge in [-0.3, -0.25) is 4.79 Å². The van der Waals surface area contributed by atoms with Crippen LogP contribution in [0.15, 0.2) is 42.5 Å². The molecule has 0 saturated heterocycles. The molecule has 0 aliphatic carbocycles. The molecule has 0 aliphatic rings. The number of halogens is 1. The maximum Gasteiger partial charge on any atom is 0.242 e. The van der Waals surface area contributed by atoms with Crippen LogP contribution >= 0.6 is 11.6 Å². The van der Waals surface area contributed by atoms with Gasteiger partial charge in [-0.15, -0.1) is 11.6 Å².